The third-order valence-electron chi connectivity index (χ3n) is 5.08. The number of alkyl halides is 3. The molecule has 0 fully saturated rings. The summed E-state index contributed by atoms with van der Waals surface area (Å²) in [6, 6.07) is 14.3. The fraction of sp³-hybridized carbons (Fsp3) is 0.0833. The van der Waals surface area contributed by atoms with Crippen molar-refractivity contribution >= 4 is 33.4 Å². The molecule has 0 aliphatic carbocycles. The summed E-state index contributed by atoms with van der Waals surface area (Å²) in [5.74, 6) is 6.59. The van der Waals surface area contributed by atoms with Crippen LogP contribution < -0.4 is 5.32 Å². The maximum Gasteiger partial charge on any atom is 0.416 e. The molecule has 0 saturated heterocycles. The minimum Gasteiger partial charge on any atom is -0.353 e. The summed E-state index contributed by atoms with van der Waals surface area (Å²) in [6.45, 7) is 1.91. The van der Waals surface area contributed by atoms with Gasteiger partial charge in [-0.05, 0) is 55.0 Å². The summed E-state index contributed by atoms with van der Waals surface area (Å²) in [5.41, 5.74) is 3.24. The SMILES string of the molecule is Cc1ccc2c(Nc3cccc(C(F)(F)F)c3)noc2c1C#Cc1ccc2cn[nH]c2c1. The highest BCUT2D eigenvalue weighted by molar-refractivity contribution is 5.94. The first-order valence-corrected chi connectivity index (χ1v) is 9.67. The van der Waals surface area contributed by atoms with E-state index in [0.29, 0.717) is 22.4 Å². The quantitative estimate of drug-likeness (QED) is 0.327. The predicted molar refractivity (Wildman–Crippen MR) is 116 cm³/mol. The van der Waals surface area contributed by atoms with Crippen molar-refractivity contribution in [2.45, 2.75) is 13.1 Å². The Hall–Kier alpha value is -4.25. The van der Waals surface area contributed by atoms with Gasteiger partial charge in [-0.25, -0.2) is 0 Å². The zero-order valence-corrected chi connectivity index (χ0v) is 16.7. The summed E-state index contributed by atoms with van der Waals surface area (Å²) in [5, 5.41) is 15.5. The van der Waals surface area contributed by atoms with Gasteiger partial charge in [0.1, 0.15) is 0 Å². The van der Waals surface area contributed by atoms with E-state index in [1.54, 1.807) is 12.3 Å². The van der Waals surface area contributed by atoms with Crippen molar-refractivity contribution in [1.82, 2.24) is 15.4 Å². The van der Waals surface area contributed by atoms with Crippen LogP contribution in [0.4, 0.5) is 24.7 Å². The van der Waals surface area contributed by atoms with E-state index >= 15 is 0 Å². The Balaban J connectivity index is 1.51. The summed E-state index contributed by atoms with van der Waals surface area (Å²) in [7, 11) is 0. The number of nitrogens with zero attached hydrogens (tertiary/aromatic N) is 2. The zero-order chi connectivity index (χ0) is 22.3. The third kappa shape index (κ3) is 3.65. The van der Waals surface area contributed by atoms with Crippen LogP contribution in [-0.2, 0) is 6.18 Å². The lowest BCUT2D eigenvalue weighted by atomic mass is 10.0. The predicted octanol–water partition coefficient (Wildman–Crippen LogP) is 6.17. The van der Waals surface area contributed by atoms with Crippen LogP contribution in [0, 0.1) is 18.8 Å². The van der Waals surface area contributed by atoms with Crippen LogP contribution in [-0.4, -0.2) is 15.4 Å². The van der Waals surface area contributed by atoms with Gasteiger partial charge in [-0.3, -0.25) is 5.10 Å². The molecule has 2 aromatic heterocycles. The van der Waals surface area contributed by atoms with Crippen molar-refractivity contribution in [2.75, 3.05) is 5.32 Å². The fourth-order valence-electron chi connectivity index (χ4n) is 3.41. The van der Waals surface area contributed by atoms with Gasteiger partial charge >= 0.3 is 6.18 Å². The van der Waals surface area contributed by atoms with E-state index < -0.39 is 11.7 Å². The Labute approximate surface area is 180 Å². The molecular weight excluding hydrogens is 417 g/mol. The van der Waals surface area contributed by atoms with E-state index in [0.717, 1.165) is 34.2 Å². The van der Waals surface area contributed by atoms with Crippen LogP contribution in [0.1, 0.15) is 22.3 Å². The van der Waals surface area contributed by atoms with E-state index in [1.165, 1.54) is 12.1 Å². The monoisotopic (exact) mass is 432 g/mol. The summed E-state index contributed by atoms with van der Waals surface area (Å²) < 4.78 is 44.5. The molecule has 8 heteroatoms. The molecule has 0 aliphatic rings. The highest BCUT2D eigenvalue weighted by Crippen LogP contribution is 2.33. The molecule has 2 heterocycles. The molecule has 32 heavy (non-hydrogen) atoms. The molecule has 5 nitrogen and oxygen atoms in total. The van der Waals surface area contributed by atoms with E-state index in [9.17, 15) is 13.2 Å². The van der Waals surface area contributed by atoms with Gasteiger partial charge in [-0.2, -0.15) is 18.3 Å². The van der Waals surface area contributed by atoms with Crippen molar-refractivity contribution in [3.63, 3.8) is 0 Å². The van der Waals surface area contributed by atoms with Gasteiger partial charge < -0.3 is 9.84 Å². The van der Waals surface area contributed by atoms with Crippen molar-refractivity contribution in [3.05, 3.63) is 83.0 Å². The summed E-state index contributed by atoms with van der Waals surface area (Å²) in [4.78, 5) is 0. The van der Waals surface area contributed by atoms with Gasteiger partial charge in [0, 0.05) is 16.6 Å². The first kappa shape index (κ1) is 19.7. The highest BCUT2D eigenvalue weighted by Gasteiger charge is 2.30. The minimum absolute atomic E-state index is 0.260. The van der Waals surface area contributed by atoms with E-state index in [1.807, 2.05) is 31.2 Å². The average molecular weight is 432 g/mol. The zero-order valence-electron chi connectivity index (χ0n) is 16.7. The Bertz CT molecular complexity index is 1520. The average Bonchev–Trinajstić information content (AvgIpc) is 3.39. The number of benzene rings is 3. The van der Waals surface area contributed by atoms with Crippen LogP contribution in [0.25, 0.3) is 21.9 Å². The normalized spacial score (nSPS) is 11.5. The Morgan fingerprint density at radius 3 is 2.75 bits per heavy atom. The van der Waals surface area contributed by atoms with Crippen molar-refractivity contribution in [1.29, 1.82) is 0 Å². The molecule has 2 N–H and O–H groups in total. The Morgan fingerprint density at radius 2 is 1.91 bits per heavy atom. The van der Waals surface area contributed by atoms with Gasteiger partial charge in [0.15, 0.2) is 11.4 Å². The van der Waals surface area contributed by atoms with Crippen molar-refractivity contribution in [3.8, 4) is 11.8 Å². The summed E-state index contributed by atoms with van der Waals surface area (Å²) in [6.07, 6.45) is -2.69. The topological polar surface area (TPSA) is 66.7 Å². The van der Waals surface area contributed by atoms with Gasteiger partial charge in [0.25, 0.3) is 0 Å². The molecular formula is C24H15F3N4O. The van der Waals surface area contributed by atoms with E-state index in [2.05, 4.69) is 32.5 Å². The molecule has 5 aromatic rings. The minimum atomic E-state index is -4.43. The van der Waals surface area contributed by atoms with E-state index in [-0.39, 0.29) is 5.69 Å². The number of nitrogens with one attached hydrogen (secondary N) is 2. The second-order valence-corrected chi connectivity index (χ2v) is 7.29. The molecule has 0 atom stereocenters. The lowest BCUT2D eigenvalue weighted by Gasteiger charge is -2.09. The Kier molecular flexibility index (Phi) is 4.59. The number of hydrogen-bond donors (Lipinski definition) is 2. The lowest BCUT2D eigenvalue weighted by Crippen LogP contribution is -2.05. The Morgan fingerprint density at radius 1 is 1.03 bits per heavy atom. The van der Waals surface area contributed by atoms with Crippen molar-refractivity contribution in [2.24, 2.45) is 0 Å². The number of H-pyrrole nitrogens is 1. The largest absolute Gasteiger partial charge is 0.416 e. The molecule has 0 unspecified atom stereocenters. The summed E-state index contributed by atoms with van der Waals surface area (Å²) >= 11 is 0. The van der Waals surface area contributed by atoms with Gasteiger partial charge in [-0.15, -0.1) is 0 Å². The standard InChI is InChI=1S/C24H15F3N4O/c1-14-5-9-20-22(19(14)10-7-15-6-8-16-13-28-30-21(16)11-15)32-31-23(20)29-18-4-2-3-17(12-18)24(25,26)27/h2-6,8-9,11-13H,1H3,(H,28,30)(H,29,31). The molecule has 3 aromatic carbocycles. The number of halogens is 3. The van der Waals surface area contributed by atoms with Crippen LogP contribution >= 0.6 is 0 Å². The third-order valence-corrected chi connectivity index (χ3v) is 5.08. The molecule has 0 spiro atoms. The smallest absolute Gasteiger partial charge is 0.353 e. The molecule has 0 radical (unpaired) electrons. The maximum absolute atomic E-state index is 13.0. The van der Waals surface area contributed by atoms with Crippen LogP contribution in [0.2, 0.25) is 0 Å². The molecule has 0 bridgehead atoms. The number of fused-ring (bicyclic) bond motifs is 2. The molecule has 0 saturated carbocycles. The second-order valence-electron chi connectivity index (χ2n) is 7.29. The number of aryl methyl sites for hydroxylation is 1. The molecule has 0 amide bonds. The number of aromatic nitrogens is 3. The first-order chi connectivity index (χ1) is 15.4. The number of anilines is 2. The first-order valence-electron chi connectivity index (χ1n) is 9.67. The van der Waals surface area contributed by atoms with Gasteiger partial charge in [-0.1, -0.05) is 29.1 Å². The van der Waals surface area contributed by atoms with Crippen LogP contribution in [0.15, 0.2) is 65.3 Å². The number of rotatable bonds is 2. The fourth-order valence-corrected chi connectivity index (χ4v) is 3.41. The van der Waals surface area contributed by atoms with Crippen LogP contribution in [0.3, 0.4) is 0 Å². The molecule has 0 aliphatic heterocycles. The molecule has 158 valence electrons. The number of aromatic amines is 1. The highest BCUT2D eigenvalue weighted by atomic mass is 19.4. The van der Waals surface area contributed by atoms with Crippen LogP contribution in [0.5, 0.6) is 0 Å². The van der Waals surface area contributed by atoms with Gasteiger partial charge in [0.05, 0.1) is 28.2 Å². The second kappa shape index (κ2) is 7.46. The number of hydrogen-bond acceptors (Lipinski definition) is 4. The molecule has 5 rings (SSSR count). The van der Waals surface area contributed by atoms with Gasteiger partial charge in [0.2, 0.25) is 0 Å². The lowest BCUT2D eigenvalue weighted by molar-refractivity contribution is -0.137. The maximum atomic E-state index is 13.0. The van der Waals surface area contributed by atoms with E-state index in [4.69, 9.17) is 4.52 Å². The van der Waals surface area contributed by atoms with Crippen molar-refractivity contribution < 1.29 is 17.7 Å².